The molecule has 1 heterocycles. The van der Waals surface area contributed by atoms with Gasteiger partial charge in [0, 0.05) is 0 Å². The van der Waals surface area contributed by atoms with Crippen LogP contribution in [0.3, 0.4) is 0 Å². The summed E-state index contributed by atoms with van der Waals surface area (Å²) in [5.41, 5.74) is 5.45. The van der Waals surface area contributed by atoms with Crippen LogP contribution >= 0.6 is 0 Å². The van der Waals surface area contributed by atoms with Crippen LogP contribution in [0.15, 0.2) is 0 Å². The molecule has 0 saturated carbocycles. The van der Waals surface area contributed by atoms with Crippen molar-refractivity contribution in [1.29, 1.82) is 0 Å². The van der Waals surface area contributed by atoms with Gasteiger partial charge in [0.15, 0.2) is 0 Å². The Balaban J connectivity index is 2.18. The van der Waals surface area contributed by atoms with Gasteiger partial charge in [-0.15, -0.1) is 0 Å². The van der Waals surface area contributed by atoms with Crippen molar-refractivity contribution >= 4 is 6.29 Å². The number of nitrogens with two attached hydrogens (primary N) is 1. The number of hydrogen-bond donors (Lipinski definition) is 2. The van der Waals surface area contributed by atoms with Crippen LogP contribution in [-0.4, -0.2) is 25.4 Å². The number of hydrogen-bond acceptors (Lipinski definition) is 3. The second kappa shape index (κ2) is 4.46. The summed E-state index contributed by atoms with van der Waals surface area (Å²) in [6.45, 7) is 2.12. The summed E-state index contributed by atoms with van der Waals surface area (Å²) < 4.78 is 0. The van der Waals surface area contributed by atoms with E-state index in [9.17, 15) is 4.79 Å². The monoisotopic (exact) mass is 155 g/mol. The zero-order valence-corrected chi connectivity index (χ0v) is 6.68. The van der Waals surface area contributed by atoms with Gasteiger partial charge in [0.2, 0.25) is 6.29 Å². The van der Waals surface area contributed by atoms with E-state index in [2.05, 4.69) is 5.32 Å². The maximum Gasteiger partial charge on any atom is 0.216 e. The fourth-order valence-corrected chi connectivity index (χ4v) is 1.53. The molecule has 3 heteroatoms. The molecule has 0 aromatic carbocycles. The average molecular weight is 155 g/mol. The van der Waals surface area contributed by atoms with Crippen LogP contribution in [0.5, 0.6) is 0 Å². The summed E-state index contributed by atoms with van der Waals surface area (Å²) in [6, 6.07) is -0.375. The lowest BCUT2D eigenvalue weighted by Gasteiger charge is -2.23. The van der Waals surface area contributed by atoms with Crippen LogP contribution in [-0.2, 0) is 4.79 Å². The summed E-state index contributed by atoms with van der Waals surface area (Å²) in [5, 5.41) is 3.28. The first-order valence-corrected chi connectivity index (χ1v) is 4.17. The maximum atomic E-state index is 10.1. The molecule has 3 N–H and O–H groups in total. The van der Waals surface area contributed by atoms with Gasteiger partial charge in [-0.3, -0.25) is 4.79 Å². The van der Waals surface area contributed by atoms with Crippen molar-refractivity contribution in [1.82, 2.24) is 5.32 Å². The standard InChI is InChI=1S/C8H15N2O/c9-8(6-11)4-7-2-1-3-10-5-7/h7-8,10H,1-5,9H2/t7?,8-/m0/s1. The van der Waals surface area contributed by atoms with Crippen LogP contribution in [0.25, 0.3) is 0 Å². The highest BCUT2D eigenvalue weighted by atomic mass is 16.1. The van der Waals surface area contributed by atoms with E-state index in [0.29, 0.717) is 5.92 Å². The van der Waals surface area contributed by atoms with Gasteiger partial charge in [-0.25, -0.2) is 0 Å². The van der Waals surface area contributed by atoms with Crippen LogP contribution in [0.4, 0.5) is 0 Å². The van der Waals surface area contributed by atoms with E-state index >= 15 is 0 Å². The Bertz CT molecular complexity index is 121. The van der Waals surface area contributed by atoms with Gasteiger partial charge in [0.05, 0.1) is 6.04 Å². The summed E-state index contributed by atoms with van der Waals surface area (Å²) in [6.07, 6.45) is 5.00. The molecular formula is C8H15N2O. The molecular weight excluding hydrogens is 140 g/mol. The van der Waals surface area contributed by atoms with Crippen molar-refractivity contribution in [3.05, 3.63) is 0 Å². The summed E-state index contributed by atoms with van der Waals surface area (Å²) >= 11 is 0. The minimum atomic E-state index is -0.375. The lowest BCUT2D eigenvalue weighted by molar-refractivity contribution is 0.349. The molecule has 11 heavy (non-hydrogen) atoms. The molecule has 0 amide bonds. The Hall–Kier alpha value is -0.410. The molecule has 1 aliphatic rings. The van der Waals surface area contributed by atoms with Crippen molar-refractivity contribution < 1.29 is 4.79 Å². The van der Waals surface area contributed by atoms with Crippen LogP contribution in [0, 0.1) is 5.92 Å². The smallest absolute Gasteiger partial charge is 0.216 e. The Labute approximate surface area is 67.3 Å². The molecule has 1 unspecified atom stereocenters. The normalized spacial score (nSPS) is 27.9. The van der Waals surface area contributed by atoms with Crippen LogP contribution in [0.2, 0.25) is 0 Å². The van der Waals surface area contributed by atoms with Crippen molar-refractivity contribution in [2.75, 3.05) is 13.1 Å². The average Bonchev–Trinajstić information content (AvgIpc) is 2.06. The second-order valence-electron chi connectivity index (χ2n) is 3.17. The third-order valence-corrected chi connectivity index (χ3v) is 2.14. The van der Waals surface area contributed by atoms with Crippen molar-refractivity contribution in [2.45, 2.75) is 25.3 Å². The minimum absolute atomic E-state index is 0.375. The van der Waals surface area contributed by atoms with Gasteiger partial charge in [-0.1, -0.05) is 0 Å². The van der Waals surface area contributed by atoms with Gasteiger partial charge in [-0.05, 0) is 38.3 Å². The molecule has 1 saturated heterocycles. The fraction of sp³-hybridized carbons (Fsp3) is 0.875. The SMILES string of the molecule is N[C@H]([C]=O)CC1CCCNC1. The first-order valence-electron chi connectivity index (χ1n) is 4.17. The molecule has 0 aromatic rings. The Kier molecular flexibility index (Phi) is 3.52. The summed E-state index contributed by atoms with van der Waals surface area (Å²) in [4.78, 5) is 10.1. The molecule has 1 aliphatic heterocycles. The zero-order chi connectivity index (χ0) is 8.10. The van der Waals surface area contributed by atoms with Gasteiger partial charge in [-0.2, -0.15) is 0 Å². The van der Waals surface area contributed by atoms with Crippen LogP contribution < -0.4 is 11.1 Å². The Morgan fingerprint density at radius 1 is 1.73 bits per heavy atom. The fourth-order valence-electron chi connectivity index (χ4n) is 1.53. The highest BCUT2D eigenvalue weighted by Crippen LogP contribution is 2.14. The van der Waals surface area contributed by atoms with Crippen molar-refractivity contribution in [3.8, 4) is 0 Å². The van der Waals surface area contributed by atoms with E-state index in [1.54, 1.807) is 0 Å². The molecule has 1 rings (SSSR count). The molecule has 2 atom stereocenters. The number of piperidine rings is 1. The van der Waals surface area contributed by atoms with Gasteiger partial charge in [0.25, 0.3) is 0 Å². The third kappa shape index (κ3) is 2.99. The highest BCUT2D eigenvalue weighted by molar-refractivity contribution is 5.57. The van der Waals surface area contributed by atoms with Crippen molar-refractivity contribution in [3.63, 3.8) is 0 Å². The first-order chi connectivity index (χ1) is 5.33. The van der Waals surface area contributed by atoms with Gasteiger partial charge >= 0.3 is 0 Å². The summed E-state index contributed by atoms with van der Waals surface area (Å²) in [5.74, 6) is 0.584. The molecule has 0 aromatic heterocycles. The lowest BCUT2D eigenvalue weighted by atomic mass is 9.93. The predicted molar refractivity (Wildman–Crippen MR) is 43.9 cm³/mol. The minimum Gasteiger partial charge on any atom is -0.321 e. The lowest BCUT2D eigenvalue weighted by Crippen LogP contribution is -2.34. The molecule has 63 valence electrons. The Morgan fingerprint density at radius 2 is 2.55 bits per heavy atom. The summed E-state index contributed by atoms with van der Waals surface area (Å²) in [7, 11) is 0. The van der Waals surface area contributed by atoms with Gasteiger partial charge in [0.1, 0.15) is 0 Å². The van der Waals surface area contributed by atoms with Crippen LogP contribution in [0.1, 0.15) is 19.3 Å². The molecule has 0 spiro atoms. The topological polar surface area (TPSA) is 55.1 Å². The van der Waals surface area contributed by atoms with E-state index in [0.717, 1.165) is 19.5 Å². The van der Waals surface area contributed by atoms with Crippen molar-refractivity contribution in [2.24, 2.45) is 11.7 Å². The number of nitrogens with one attached hydrogen (secondary N) is 1. The first kappa shape index (κ1) is 8.68. The molecule has 3 nitrogen and oxygen atoms in total. The number of rotatable bonds is 3. The number of carbonyl (C=O) groups excluding carboxylic acids is 1. The highest BCUT2D eigenvalue weighted by Gasteiger charge is 2.15. The maximum absolute atomic E-state index is 10.1. The molecule has 1 radical (unpaired) electrons. The Morgan fingerprint density at radius 3 is 3.09 bits per heavy atom. The van der Waals surface area contributed by atoms with E-state index in [4.69, 9.17) is 5.73 Å². The predicted octanol–water partition coefficient (Wildman–Crippen LogP) is -0.187. The quantitative estimate of drug-likeness (QED) is 0.594. The molecule has 0 aliphatic carbocycles. The second-order valence-corrected chi connectivity index (χ2v) is 3.17. The van der Waals surface area contributed by atoms with E-state index in [-0.39, 0.29) is 6.04 Å². The third-order valence-electron chi connectivity index (χ3n) is 2.14. The van der Waals surface area contributed by atoms with E-state index in [1.165, 1.54) is 12.8 Å². The molecule has 1 fully saturated rings. The molecule has 0 bridgehead atoms. The van der Waals surface area contributed by atoms with Gasteiger partial charge < -0.3 is 11.1 Å². The largest absolute Gasteiger partial charge is 0.321 e. The zero-order valence-electron chi connectivity index (χ0n) is 6.68. The van der Waals surface area contributed by atoms with E-state index in [1.807, 2.05) is 6.29 Å². The van der Waals surface area contributed by atoms with E-state index < -0.39 is 0 Å².